The Balaban J connectivity index is 0.00000154. The molecule has 0 spiro atoms. The van der Waals surface area contributed by atoms with Gasteiger partial charge >= 0.3 is 11.9 Å². The van der Waals surface area contributed by atoms with Crippen LogP contribution in [0.25, 0.3) is 11.1 Å². The predicted molar refractivity (Wildman–Crippen MR) is 137 cm³/mol. The largest absolute Gasteiger partial charge is 0.465 e. The number of hydrogen-bond donors (Lipinski definition) is 0. The van der Waals surface area contributed by atoms with Crippen LogP contribution in [0.3, 0.4) is 0 Å². The standard InChI is InChI=1S/C22H25N3O7.2C2H6/c1-14-18(21(26)30-3)20(16-6-4-5-7-17(16)25(28)29)19(15(2)23-14)22(27)32-13-10-24-8-11-31-12-9-24;2*1-2/h4-7H,8-13H2,1-3H3;2*1-2H3. The van der Waals surface area contributed by atoms with Crippen molar-refractivity contribution in [2.24, 2.45) is 0 Å². The first-order chi connectivity index (χ1) is 17.3. The second kappa shape index (κ2) is 15.6. The smallest absolute Gasteiger partial charge is 0.340 e. The molecule has 1 saturated heterocycles. The van der Waals surface area contributed by atoms with Gasteiger partial charge in [-0.25, -0.2) is 9.59 Å². The lowest BCUT2D eigenvalue weighted by atomic mass is 9.91. The number of hydrogen-bond acceptors (Lipinski definition) is 9. The molecule has 1 aliphatic heterocycles. The molecule has 2 heterocycles. The van der Waals surface area contributed by atoms with E-state index in [2.05, 4.69) is 9.88 Å². The van der Waals surface area contributed by atoms with Crippen molar-refractivity contribution in [1.82, 2.24) is 9.88 Å². The number of morpholine rings is 1. The lowest BCUT2D eigenvalue weighted by Gasteiger charge is -2.26. The first-order valence-electron chi connectivity index (χ1n) is 12.2. The molecule has 0 N–H and O–H groups in total. The highest BCUT2D eigenvalue weighted by Crippen LogP contribution is 2.37. The van der Waals surface area contributed by atoms with Gasteiger partial charge in [0.25, 0.3) is 5.69 Å². The van der Waals surface area contributed by atoms with E-state index in [4.69, 9.17) is 14.2 Å². The van der Waals surface area contributed by atoms with Crippen molar-refractivity contribution >= 4 is 17.6 Å². The molecule has 3 rings (SSSR count). The third kappa shape index (κ3) is 7.56. The van der Waals surface area contributed by atoms with Gasteiger partial charge in [0.05, 0.1) is 53.3 Å². The molecular weight excluding hydrogens is 466 g/mol. The molecule has 0 aliphatic carbocycles. The first kappa shape index (κ1) is 30.7. The Hall–Kier alpha value is -3.37. The fourth-order valence-electron chi connectivity index (χ4n) is 3.73. The van der Waals surface area contributed by atoms with Gasteiger partial charge in [0.2, 0.25) is 0 Å². The molecule has 0 radical (unpaired) electrons. The molecule has 1 aromatic carbocycles. The summed E-state index contributed by atoms with van der Waals surface area (Å²) in [6.45, 7) is 14.6. The van der Waals surface area contributed by atoms with Crippen LogP contribution >= 0.6 is 0 Å². The van der Waals surface area contributed by atoms with Crippen molar-refractivity contribution in [2.75, 3.05) is 46.6 Å². The van der Waals surface area contributed by atoms with E-state index in [1.165, 1.54) is 25.3 Å². The molecule has 0 amide bonds. The average Bonchev–Trinajstić information content (AvgIpc) is 2.90. The van der Waals surface area contributed by atoms with Crippen LogP contribution < -0.4 is 0 Å². The van der Waals surface area contributed by atoms with Crippen molar-refractivity contribution in [3.63, 3.8) is 0 Å². The Kier molecular flexibility index (Phi) is 13.3. The number of pyridine rings is 1. The van der Waals surface area contributed by atoms with Gasteiger partial charge in [-0.3, -0.25) is 20.0 Å². The molecule has 36 heavy (non-hydrogen) atoms. The van der Waals surface area contributed by atoms with Gasteiger partial charge < -0.3 is 14.2 Å². The highest BCUT2D eigenvalue weighted by molar-refractivity contribution is 6.08. The van der Waals surface area contributed by atoms with Gasteiger partial charge in [0.1, 0.15) is 6.61 Å². The predicted octanol–water partition coefficient (Wildman–Crippen LogP) is 4.60. The van der Waals surface area contributed by atoms with Gasteiger partial charge in [-0.05, 0) is 19.9 Å². The number of para-hydroxylation sites is 1. The minimum atomic E-state index is -0.745. The van der Waals surface area contributed by atoms with Crippen LogP contribution in [0.1, 0.15) is 59.8 Å². The highest BCUT2D eigenvalue weighted by atomic mass is 16.6. The Labute approximate surface area is 212 Å². The monoisotopic (exact) mass is 503 g/mol. The van der Waals surface area contributed by atoms with Crippen LogP contribution in [0.15, 0.2) is 24.3 Å². The number of ether oxygens (including phenoxy) is 3. The molecule has 1 aliphatic rings. The number of rotatable bonds is 7. The zero-order chi connectivity index (χ0) is 27.3. The molecule has 0 unspecified atom stereocenters. The van der Waals surface area contributed by atoms with E-state index < -0.39 is 16.9 Å². The Morgan fingerprint density at radius 1 is 1.03 bits per heavy atom. The Morgan fingerprint density at radius 2 is 1.58 bits per heavy atom. The van der Waals surface area contributed by atoms with Crippen molar-refractivity contribution in [1.29, 1.82) is 0 Å². The van der Waals surface area contributed by atoms with Crippen LogP contribution in [0.5, 0.6) is 0 Å². The van der Waals surface area contributed by atoms with E-state index >= 15 is 0 Å². The lowest BCUT2D eigenvalue weighted by Crippen LogP contribution is -2.38. The number of carbonyl (C=O) groups is 2. The molecule has 0 saturated carbocycles. The van der Waals surface area contributed by atoms with Crippen molar-refractivity contribution in [2.45, 2.75) is 41.5 Å². The molecule has 1 fully saturated rings. The number of esters is 2. The third-order valence-corrected chi connectivity index (χ3v) is 5.27. The average molecular weight is 504 g/mol. The topological polar surface area (TPSA) is 121 Å². The summed E-state index contributed by atoms with van der Waals surface area (Å²) >= 11 is 0. The van der Waals surface area contributed by atoms with Gasteiger partial charge in [0.15, 0.2) is 0 Å². The summed E-state index contributed by atoms with van der Waals surface area (Å²) < 4.78 is 15.7. The number of aromatic nitrogens is 1. The van der Waals surface area contributed by atoms with Gasteiger partial charge in [-0.2, -0.15) is 0 Å². The number of methoxy groups -OCH3 is 1. The van der Waals surface area contributed by atoms with Gasteiger partial charge in [-0.15, -0.1) is 0 Å². The minimum absolute atomic E-state index is 0.00674. The first-order valence-corrected chi connectivity index (χ1v) is 12.2. The van der Waals surface area contributed by atoms with E-state index in [9.17, 15) is 19.7 Å². The van der Waals surface area contributed by atoms with Crippen molar-refractivity contribution < 1.29 is 28.7 Å². The van der Waals surface area contributed by atoms with Crippen molar-refractivity contribution in [3.05, 3.63) is 56.9 Å². The summed E-state index contributed by atoms with van der Waals surface area (Å²) in [5.41, 5.74) is 0.564. The van der Waals surface area contributed by atoms with Crippen LogP contribution in [-0.4, -0.2) is 73.3 Å². The van der Waals surface area contributed by atoms with E-state index in [1.54, 1.807) is 19.9 Å². The number of nitrogens with zero attached hydrogens (tertiary/aromatic N) is 3. The molecule has 198 valence electrons. The molecule has 2 aromatic rings. The molecule has 0 atom stereocenters. The molecule has 0 bridgehead atoms. The SMILES string of the molecule is CC.CC.COC(=O)c1c(C)nc(C)c(C(=O)OCCN2CCOCC2)c1-c1ccccc1[N+](=O)[O-]. The van der Waals surface area contributed by atoms with E-state index in [0.29, 0.717) is 31.1 Å². The number of nitro benzene ring substituents is 1. The molecule has 10 heteroatoms. The van der Waals surface area contributed by atoms with Gasteiger partial charge in [0, 0.05) is 31.3 Å². The quantitative estimate of drug-likeness (QED) is 0.303. The fourth-order valence-corrected chi connectivity index (χ4v) is 3.73. The maximum Gasteiger partial charge on any atom is 0.340 e. The number of nitro groups is 1. The summed E-state index contributed by atoms with van der Waals surface area (Å²) in [4.78, 5) is 43.3. The second-order valence-electron chi connectivity index (χ2n) is 7.26. The minimum Gasteiger partial charge on any atom is -0.465 e. The van der Waals surface area contributed by atoms with E-state index in [-0.39, 0.29) is 34.5 Å². The maximum absolute atomic E-state index is 13.1. The second-order valence-corrected chi connectivity index (χ2v) is 7.26. The molecular formula is C26H37N3O7. The van der Waals surface area contributed by atoms with Crippen LogP contribution in [0.2, 0.25) is 0 Å². The summed E-state index contributed by atoms with van der Waals surface area (Å²) in [5, 5.41) is 11.7. The van der Waals surface area contributed by atoms with E-state index in [1.807, 2.05) is 27.7 Å². The van der Waals surface area contributed by atoms with Crippen LogP contribution in [0, 0.1) is 24.0 Å². The van der Waals surface area contributed by atoms with Gasteiger partial charge in [-0.1, -0.05) is 39.8 Å². The Morgan fingerprint density at radius 3 is 2.14 bits per heavy atom. The fraction of sp³-hybridized carbons (Fsp3) is 0.500. The number of benzene rings is 1. The highest BCUT2D eigenvalue weighted by Gasteiger charge is 2.31. The molecule has 1 aromatic heterocycles. The Bertz CT molecular complexity index is 1030. The summed E-state index contributed by atoms with van der Waals surface area (Å²) in [6, 6.07) is 5.92. The zero-order valence-electron chi connectivity index (χ0n) is 22.3. The number of aryl methyl sites for hydroxylation is 2. The summed E-state index contributed by atoms with van der Waals surface area (Å²) in [6.07, 6.45) is 0. The van der Waals surface area contributed by atoms with E-state index in [0.717, 1.165) is 13.1 Å². The maximum atomic E-state index is 13.1. The van der Waals surface area contributed by atoms with Crippen molar-refractivity contribution in [3.8, 4) is 11.1 Å². The normalized spacial score (nSPS) is 12.9. The molecule has 10 nitrogen and oxygen atoms in total. The lowest BCUT2D eigenvalue weighted by molar-refractivity contribution is -0.384. The number of carbonyl (C=O) groups excluding carboxylic acids is 2. The third-order valence-electron chi connectivity index (χ3n) is 5.27. The summed E-state index contributed by atoms with van der Waals surface area (Å²) in [7, 11) is 1.20. The summed E-state index contributed by atoms with van der Waals surface area (Å²) in [5.74, 6) is -1.45. The zero-order valence-corrected chi connectivity index (χ0v) is 22.3. The van der Waals surface area contributed by atoms with Crippen LogP contribution in [-0.2, 0) is 14.2 Å². The van der Waals surface area contributed by atoms with Crippen LogP contribution in [0.4, 0.5) is 5.69 Å².